The second-order valence-corrected chi connectivity index (χ2v) is 4.47. The molecule has 0 saturated carbocycles. The second-order valence-electron chi connectivity index (χ2n) is 4.06. The SMILES string of the molecule is CC(Nc1ccc(N)c(N)n1)c1ccccc1Cl. The van der Waals surface area contributed by atoms with Crippen LogP contribution in [0.3, 0.4) is 0 Å². The van der Waals surface area contributed by atoms with Crippen LogP contribution >= 0.6 is 11.6 Å². The van der Waals surface area contributed by atoms with Crippen molar-refractivity contribution in [2.45, 2.75) is 13.0 Å². The number of halogens is 1. The summed E-state index contributed by atoms with van der Waals surface area (Å²) in [4.78, 5) is 4.17. The molecule has 1 aromatic carbocycles. The van der Waals surface area contributed by atoms with Gasteiger partial charge in [0.25, 0.3) is 0 Å². The predicted octanol–water partition coefficient (Wildman–Crippen LogP) is 3.07. The van der Waals surface area contributed by atoms with Gasteiger partial charge in [-0.2, -0.15) is 0 Å². The monoisotopic (exact) mass is 262 g/mol. The Kier molecular flexibility index (Phi) is 3.58. The van der Waals surface area contributed by atoms with E-state index in [4.69, 9.17) is 23.1 Å². The minimum atomic E-state index is 0.0363. The van der Waals surface area contributed by atoms with Crippen molar-refractivity contribution in [1.82, 2.24) is 4.98 Å². The molecule has 0 bridgehead atoms. The number of nitrogens with one attached hydrogen (secondary N) is 1. The highest BCUT2D eigenvalue weighted by atomic mass is 35.5. The van der Waals surface area contributed by atoms with Gasteiger partial charge in [-0.05, 0) is 30.7 Å². The summed E-state index contributed by atoms with van der Waals surface area (Å²) < 4.78 is 0. The second kappa shape index (κ2) is 5.14. The van der Waals surface area contributed by atoms with E-state index in [9.17, 15) is 0 Å². The van der Waals surface area contributed by atoms with Crippen molar-refractivity contribution in [3.05, 3.63) is 47.0 Å². The Bertz CT molecular complexity index is 556. The van der Waals surface area contributed by atoms with Crippen LogP contribution < -0.4 is 16.8 Å². The van der Waals surface area contributed by atoms with Gasteiger partial charge in [-0.25, -0.2) is 4.98 Å². The molecule has 2 aromatic rings. The van der Waals surface area contributed by atoms with E-state index in [2.05, 4.69) is 10.3 Å². The molecule has 0 aliphatic heterocycles. The standard InChI is InChI=1S/C13H15ClN4/c1-8(9-4-2-3-5-10(9)14)17-12-7-6-11(15)13(16)18-12/h2-8H,15H2,1H3,(H3,16,17,18). The van der Waals surface area contributed by atoms with Crippen LogP contribution in [0.25, 0.3) is 0 Å². The first-order chi connectivity index (χ1) is 8.58. The molecule has 94 valence electrons. The zero-order valence-electron chi connectivity index (χ0n) is 10.0. The highest BCUT2D eigenvalue weighted by molar-refractivity contribution is 6.31. The number of pyridine rings is 1. The van der Waals surface area contributed by atoms with Crippen LogP contribution in [-0.4, -0.2) is 4.98 Å². The summed E-state index contributed by atoms with van der Waals surface area (Å²) >= 11 is 6.14. The molecule has 0 aliphatic rings. The molecule has 0 radical (unpaired) electrons. The number of hydrogen-bond donors (Lipinski definition) is 3. The number of benzene rings is 1. The van der Waals surface area contributed by atoms with E-state index in [1.54, 1.807) is 12.1 Å². The Hall–Kier alpha value is -1.94. The Labute approximate surface area is 111 Å². The predicted molar refractivity (Wildman–Crippen MR) is 76.6 cm³/mol. The van der Waals surface area contributed by atoms with Gasteiger partial charge in [0.15, 0.2) is 0 Å². The summed E-state index contributed by atoms with van der Waals surface area (Å²) in [6, 6.07) is 11.2. The first-order valence-electron chi connectivity index (χ1n) is 5.61. The molecular weight excluding hydrogens is 248 g/mol. The number of nitrogen functional groups attached to an aromatic ring is 2. The van der Waals surface area contributed by atoms with E-state index in [-0.39, 0.29) is 6.04 Å². The molecule has 0 aliphatic carbocycles. The van der Waals surface area contributed by atoms with Gasteiger partial charge in [0.2, 0.25) is 0 Å². The van der Waals surface area contributed by atoms with Crippen molar-refractivity contribution in [1.29, 1.82) is 0 Å². The average Bonchev–Trinajstić information content (AvgIpc) is 2.34. The summed E-state index contributed by atoms with van der Waals surface area (Å²) in [6.45, 7) is 2.01. The van der Waals surface area contributed by atoms with Crippen LogP contribution in [0.4, 0.5) is 17.3 Å². The van der Waals surface area contributed by atoms with Gasteiger partial charge in [0.1, 0.15) is 11.6 Å². The number of hydrogen-bond acceptors (Lipinski definition) is 4. The van der Waals surface area contributed by atoms with E-state index < -0.39 is 0 Å². The van der Waals surface area contributed by atoms with Crippen LogP contribution in [0, 0.1) is 0 Å². The molecule has 18 heavy (non-hydrogen) atoms. The quantitative estimate of drug-likeness (QED) is 0.794. The molecule has 0 fully saturated rings. The zero-order chi connectivity index (χ0) is 13.1. The molecular formula is C13H15ClN4. The first kappa shape index (κ1) is 12.5. The summed E-state index contributed by atoms with van der Waals surface area (Å²) in [5.74, 6) is 1.00. The molecule has 1 unspecified atom stereocenters. The lowest BCUT2D eigenvalue weighted by Crippen LogP contribution is -2.09. The smallest absolute Gasteiger partial charge is 0.149 e. The van der Waals surface area contributed by atoms with Crippen LogP contribution in [-0.2, 0) is 0 Å². The van der Waals surface area contributed by atoms with Crippen LogP contribution in [0.15, 0.2) is 36.4 Å². The van der Waals surface area contributed by atoms with E-state index in [0.29, 0.717) is 17.3 Å². The largest absolute Gasteiger partial charge is 0.396 e. The number of nitrogens with two attached hydrogens (primary N) is 2. The van der Waals surface area contributed by atoms with Crippen LogP contribution in [0.1, 0.15) is 18.5 Å². The van der Waals surface area contributed by atoms with Crippen molar-refractivity contribution in [2.75, 3.05) is 16.8 Å². The lowest BCUT2D eigenvalue weighted by Gasteiger charge is -2.16. The molecule has 1 atom stereocenters. The van der Waals surface area contributed by atoms with E-state index in [1.807, 2.05) is 31.2 Å². The maximum Gasteiger partial charge on any atom is 0.149 e. The molecule has 0 spiro atoms. The van der Waals surface area contributed by atoms with Gasteiger partial charge < -0.3 is 16.8 Å². The minimum absolute atomic E-state index is 0.0363. The van der Waals surface area contributed by atoms with Gasteiger partial charge in [-0.15, -0.1) is 0 Å². The molecule has 5 heteroatoms. The normalized spacial score (nSPS) is 12.1. The molecule has 1 aromatic heterocycles. The molecule has 4 nitrogen and oxygen atoms in total. The van der Waals surface area contributed by atoms with Crippen molar-refractivity contribution in [3.63, 3.8) is 0 Å². The van der Waals surface area contributed by atoms with Crippen molar-refractivity contribution < 1.29 is 0 Å². The summed E-state index contributed by atoms with van der Waals surface area (Å²) in [6.07, 6.45) is 0. The maximum absolute atomic E-state index is 6.14. The van der Waals surface area contributed by atoms with Crippen molar-refractivity contribution in [2.24, 2.45) is 0 Å². The summed E-state index contributed by atoms with van der Waals surface area (Å²) in [7, 11) is 0. The summed E-state index contributed by atoms with van der Waals surface area (Å²) in [5.41, 5.74) is 12.8. The Morgan fingerprint density at radius 1 is 1.17 bits per heavy atom. The van der Waals surface area contributed by atoms with Gasteiger partial charge in [-0.3, -0.25) is 0 Å². The lowest BCUT2D eigenvalue weighted by molar-refractivity contribution is 0.876. The van der Waals surface area contributed by atoms with Crippen molar-refractivity contribution >= 4 is 28.9 Å². The topological polar surface area (TPSA) is 77.0 Å². The maximum atomic E-state index is 6.14. The fourth-order valence-electron chi connectivity index (χ4n) is 1.69. The third-order valence-electron chi connectivity index (χ3n) is 2.69. The lowest BCUT2D eigenvalue weighted by atomic mass is 10.1. The molecule has 2 rings (SSSR count). The fraction of sp³-hybridized carbons (Fsp3) is 0.154. The van der Waals surface area contributed by atoms with E-state index in [1.165, 1.54) is 0 Å². The van der Waals surface area contributed by atoms with Gasteiger partial charge in [0, 0.05) is 5.02 Å². The third-order valence-corrected chi connectivity index (χ3v) is 3.04. The van der Waals surface area contributed by atoms with Crippen LogP contribution in [0.2, 0.25) is 5.02 Å². The van der Waals surface area contributed by atoms with Crippen LogP contribution in [0.5, 0.6) is 0 Å². The van der Waals surface area contributed by atoms with Gasteiger partial charge >= 0.3 is 0 Å². The number of aromatic nitrogens is 1. The molecule has 5 N–H and O–H groups in total. The van der Waals surface area contributed by atoms with Gasteiger partial charge in [-0.1, -0.05) is 29.8 Å². The van der Waals surface area contributed by atoms with Gasteiger partial charge in [0.05, 0.1) is 11.7 Å². The molecule has 0 saturated heterocycles. The number of nitrogens with zero attached hydrogens (tertiary/aromatic N) is 1. The third kappa shape index (κ3) is 2.65. The fourth-order valence-corrected chi connectivity index (χ4v) is 1.99. The first-order valence-corrected chi connectivity index (χ1v) is 5.98. The highest BCUT2D eigenvalue weighted by Crippen LogP contribution is 2.25. The van der Waals surface area contributed by atoms with E-state index >= 15 is 0 Å². The Balaban J connectivity index is 2.19. The number of rotatable bonds is 3. The zero-order valence-corrected chi connectivity index (χ0v) is 10.8. The summed E-state index contributed by atoms with van der Waals surface area (Å²) in [5, 5.41) is 3.96. The highest BCUT2D eigenvalue weighted by Gasteiger charge is 2.09. The minimum Gasteiger partial charge on any atom is -0.396 e. The number of anilines is 3. The average molecular weight is 263 g/mol. The Morgan fingerprint density at radius 3 is 2.56 bits per heavy atom. The molecule has 1 heterocycles. The van der Waals surface area contributed by atoms with Crippen molar-refractivity contribution in [3.8, 4) is 0 Å². The van der Waals surface area contributed by atoms with E-state index in [0.717, 1.165) is 10.6 Å². The Morgan fingerprint density at radius 2 is 1.89 bits per heavy atom. The molecule has 0 amide bonds.